The van der Waals surface area contributed by atoms with Gasteiger partial charge in [0.25, 0.3) is 17.5 Å². The molecule has 1 heterocycles. The van der Waals surface area contributed by atoms with Crippen LogP contribution in [0.15, 0.2) is 47.6 Å². The first-order valence-corrected chi connectivity index (χ1v) is 10.2. The van der Waals surface area contributed by atoms with Gasteiger partial charge in [-0.25, -0.2) is 5.43 Å². The molecule has 2 N–H and O–H groups in total. The van der Waals surface area contributed by atoms with Crippen LogP contribution < -0.4 is 15.5 Å². The van der Waals surface area contributed by atoms with Crippen molar-refractivity contribution in [1.29, 1.82) is 0 Å². The van der Waals surface area contributed by atoms with Crippen molar-refractivity contribution in [2.75, 3.05) is 19.8 Å². The number of hydrogen-bond donors (Lipinski definition) is 2. The molecule has 0 spiro atoms. The van der Waals surface area contributed by atoms with E-state index in [2.05, 4.69) is 15.8 Å². The Bertz CT molecular complexity index is 1010. The molecular weight excluding hydrogens is 440 g/mol. The molecule has 0 saturated carbocycles. The minimum absolute atomic E-state index is 0.0553. The Labute approximate surface area is 188 Å². The van der Waals surface area contributed by atoms with Gasteiger partial charge in [-0.2, -0.15) is 5.10 Å². The predicted octanol–water partition coefficient (Wildman–Crippen LogP) is 2.69. The van der Waals surface area contributed by atoms with Gasteiger partial charge in [0.05, 0.1) is 17.2 Å². The van der Waals surface area contributed by atoms with Crippen molar-refractivity contribution in [1.82, 2.24) is 10.7 Å². The van der Waals surface area contributed by atoms with Crippen molar-refractivity contribution in [2.24, 2.45) is 5.10 Å². The van der Waals surface area contributed by atoms with Crippen molar-refractivity contribution < 1.29 is 24.0 Å². The average Bonchev–Trinajstić information content (AvgIpc) is 3.31. The fourth-order valence-corrected chi connectivity index (χ4v) is 3.09. The van der Waals surface area contributed by atoms with E-state index in [0.717, 1.165) is 25.5 Å². The number of benzene rings is 2. The zero-order chi connectivity index (χ0) is 22.9. The normalized spacial score (nSPS) is 15.5. The average molecular weight is 461 g/mol. The molecule has 0 bridgehead atoms. The number of nitrogens with one attached hydrogen (secondary N) is 2. The zero-order valence-electron chi connectivity index (χ0n) is 17.0. The maximum atomic E-state index is 12.1. The number of rotatable bonds is 9. The Hall–Kier alpha value is -3.50. The second-order valence-corrected chi connectivity index (χ2v) is 7.33. The summed E-state index contributed by atoms with van der Waals surface area (Å²) in [6, 6.07) is 10.4. The van der Waals surface area contributed by atoms with E-state index >= 15 is 0 Å². The number of carbonyl (C=O) groups excluding carboxylic acids is 2. The second-order valence-electron chi connectivity index (χ2n) is 6.92. The van der Waals surface area contributed by atoms with E-state index in [4.69, 9.17) is 21.1 Å². The molecule has 2 aromatic rings. The van der Waals surface area contributed by atoms with Gasteiger partial charge < -0.3 is 14.8 Å². The molecule has 11 heteroatoms. The van der Waals surface area contributed by atoms with Crippen LogP contribution in [-0.2, 0) is 9.53 Å². The van der Waals surface area contributed by atoms with Crippen LogP contribution in [0.4, 0.5) is 5.69 Å². The maximum absolute atomic E-state index is 12.1. The molecular formula is C21H21ClN4O6. The summed E-state index contributed by atoms with van der Waals surface area (Å²) in [6.45, 7) is 1.11. The summed E-state index contributed by atoms with van der Waals surface area (Å²) in [5.41, 5.74) is 2.66. The molecule has 2 aromatic carbocycles. The highest BCUT2D eigenvalue weighted by Gasteiger charge is 2.17. The topological polar surface area (TPSA) is 132 Å². The molecule has 168 valence electrons. The SMILES string of the molecule is O=C(COc1ccc(/C=N\NC(=O)c2ccc(Cl)c([N+](=O)[O-])c2)cc1)NC[C@H]1CCCO1. The van der Waals surface area contributed by atoms with Gasteiger partial charge in [0.15, 0.2) is 6.61 Å². The number of nitro benzene ring substituents is 1. The lowest BCUT2D eigenvalue weighted by atomic mass is 10.2. The molecule has 0 unspecified atom stereocenters. The molecule has 0 aromatic heterocycles. The van der Waals surface area contributed by atoms with E-state index in [0.29, 0.717) is 17.9 Å². The standard InChI is InChI=1S/C21H21ClN4O6/c22-18-8-5-15(10-19(18)26(29)30)21(28)25-24-11-14-3-6-16(7-4-14)32-13-20(27)23-12-17-2-1-9-31-17/h3-8,10-11,17H,1-2,9,12-13H2,(H,23,27)(H,25,28)/b24-11-/t17-/m1/s1. The number of ether oxygens (including phenoxy) is 2. The quantitative estimate of drug-likeness (QED) is 0.336. The Morgan fingerprint density at radius 1 is 1.28 bits per heavy atom. The number of carbonyl (C=O) groups is 2. The lowest BCUT2D eigenvalue weighted by Crippen LogP contribution is -2.35. The molecule has 1 aliphatic rings. The van der Waals surface area contributed by atoms with Crippen LogP contribution in [-0.4, -0.2) is 48.8 Å². The molecule has 3 rings (SSSR count). The summed E-state index contributed by atoms with van der Waals surface area (Å²) in [4.78, 5) is 34.2. The van der Waals surface area contributed by atoms with Crippen LogP contribution in [0.25, 0.3) is 0 Å². The molecule has 1 atom stereocenters. The zero-order valence-corrected chi connectivity index (χ0v) is 17.7. The van der Waals surface area contributed by atoms with E-state index in [1.165, 1.54) is 18.3 Å². The number of nitrogens with zero attached hydrogens (tertiary/aromatic N) is 2. The van der Waals surface area contributed by atoms with Crippen LogP contribution in [0.3, 0.4) is 0 Å². The van der Waals surface area contributed by atoms with Crippen LogP contribution in [0.5, 0.6) is 5.75 Å². The molecule has 2 amide bonds. The lowest BCUT2D eigenvalue weighted by molar-refractivity contribution is -0.384. The summed E-state index contributed by atoms with van der Waals surface area (Å²) in [7, 11) is 0. The summed E-state index contributed by atoms with van der Waals surface area (Å²) < 4.78 is 10.9. The monoisotopic (exact) mass is 460 g/mol. The van der Waals surface area contributed by atoms with Gasteiger partial charge >= 0.3 is 0 Å². The number of halogens is 1. The fourth-order valence-electron chi connectivity index (χ4n) is 2.91. The first-order valence-electron chi connectivity index (χ1n) is 9.81. The largest absolute Gasteiger partial charge is 0.484 e. The van der Waals surface area contributed by atoms with Crippen LogP contribution in [0.2, 0.25) is 5.02 Å². The summed E-state index contributed by atoms with van der Waals surface area (Å²) >= 11 is 5.73. The van der Waals surface area contributed by atoms with Crippen molar-refractivity contribution >= 4 is 35.3 Å². The van der Waals surface area contributed by atoms with Gasteiger partial charge in [-0.15, -0.1) is 0 Å². The van der Waals surface area contributed by atoms with E-state index in [1.54, 1.807) is 24.3 Å². The van der Waals surface area contributed by atoms with Crippen LogP contribution >= 0.6 is 11.6 Å². The Morgan fingerprint density at radius 3 is 2.75 bits per heavy atom. The molecule has 1 aliphatic heterocycles. The van der Waals surface area contributed by atoms with Crippen molar-refractivity contribution in [3.63, 3.8) is 0 Å². The van der Waals surface area contributed by atoms with Gasteiger partial charge in [0.2, 0.25) is 0 Å². The molecule has 1 fully saturated rings. The molecule has 1 saturated heterocycles. The summed E-state index contributed by atoms with van der Waals surface area (Å²) in [6.07, 6.45) is 3.44. The molecule has 32 heavy (non-hydrogen) atoms. The molecule has 0 aliphatic carbocycles. The van der Waals surface area contributed by atoms with Crippen molar-refractivity contribution in [3.05, 3.63) is 68.7 Å². The van der Waals surface area contributed by atoms with Gasteiger partial charge in [0.1, 0.15) is 10.8 Å². The number of hydrogen-bond acceptors (Lipinski definition) is 7. The van der Waals surface area contributed by atoms with Gasteiger partial charge in [-0.1, -0.05) is 11.6 Å². The molecule has 0 radical (unpaired) electrons. The third kappa shape index (κ3) is 6.76. The van der Waals surface area contributed by atoms with E-state index in [9.17, 15) is 19.7 Å². The smallest absolute Gasteiger partial charge is 0.288 e. The maximum Gasteiger partial charge on any atom is 0.288 e. The Morgan fingerprint density at radius 2 is 2.06 bits per heavy atom. The minimum atomic E-state index is -0.667. The predicted molar refractivity (Wildman–Crippen MR) is 117 cm³/mol. The van der Waals surface area contributed by atoms with E-state index in [1.807, 2.05) is 0 Å². The Kier molecular flexibility index (Phi) is 8.12. The highest BCUT2D eigenvalue weighted by molar-refractivity contribution is 6.32. The first-order chi connectivity index (χ1) is 15.4. The number of nitro groups is 1. The summed E-state index contributed by atoms with van der Waals surface area (Å²) in [5, 5.41) is 17.5. The van der Waals surface area contributed by atoms with Gasteiger partial charge in [-0.05, 0) is 54.8 Å². The number of hydrazone groups is 1. The second kappa shape index (κ2) is 11.2. The van der Waals surface area contributed by atoms with Crippen LogP contribution in [0, 0.1) is 10.1 Å². The summed E-state index contributed by atoms with van der Waals surface area (Å²) in [5.74, 6) is -0.335. The first kappa shape index (κ1) is 23.2. The fraction of sp³-hybridized carbons (Fsp3) is 0.286. The Balaban J connectivity index is 1.44. The van der Waals surface area contributed by atoms with E-state index in [-0.39, 0.29) is 34.9 Å². The minimum Gasteiger partial charge on any atom is -0.484 e. The lowest BCUT2D eigenvalue weighted by Gasteiger charge is -2.11. The van der Waals surface area contributed by atoms with Crippen molar-refractivity contribution in [3.8, 4) is 5.75 Å². The van der Waals surface area contributed by atoms with Gasteiger partial charge in [0, 0.05) is 24.8 Å². The highest BCUT2D eigenvalue weighted by atomic mass is 35.5. The highest BCUT2D eigenvalue weighted by Crippen LogP contribution is 2.25. The van der Waals surface area contributed by atoms with E-state index < -0.39 is 10.8 Å². The van der Waals surface area contributed by atoms with Crippen LogP contribution in [0.1, 0.15) is 28.8 Å². The number of amides is 2. The van der Waals surface area contributed by atoms with Crippen molar-refractivity contribution in [2.45, 2.75) is 18.9 Å². The van der Waals surface area contributed by atoms with Gasteiger partial charge in [-0.3, -0.25) is 19.7 Å². The third-order valence-electron chi connectivity index (χ3n) is 4.59. The molecule has 10 nitrogen and oxygen atoms in total. The third-order valence-corrected chi connectivity index (χ3v) is 4.91.